The highest BCUT2D eigenvalue weighted by molar-refractivity contribution is 5.02. The molecule has 1 aliphatic heterocycles. The van der Waals surface area contributed by atoms with Crippen molar-refractivity contribution < 1.29 is 4.74 Å². The Morgan fingerprint density at radius 2 is 1.31 bits per heavy atom. The van der Waals surface area contributed by atoms with Gasteiger partial charge in [-0.05, 0) is 61.3 Å². The molecule has 0 amide bonds. The monoisotopic (exact) mass is 360 g/mol. The van der Waals surface area contributed by atoms with Crippen molar-refractivity contribution >= 4 is 0 Å². The number of rotatable bonds is 8. The van der Waals surface area contributed by atoms with Crippen molar-refractivity contribution in [2.75, 3.05) is 0 Å². The van der Waals surface area contributed by atoms with Gasteiger partial charge in [0, 0.05) is 0 Å². The molecule has 26 heavy (non-hydrogen) atoms. The predicted octanol–water partition coefficient (Wildman–Crippen LogP) is 8.04. The molecule has 0 radical (unpaired) electrons. The lowest BCUT2D eigenvalue weighted by Gasteiger charge is -2.36. The van der Waals surface area contributed by atoms with E-state index in [2.05, 4.69) is 20.1 Å². The molecule has 150 valence electrons. The Morgan fingerprint density at radius 3 is 1.81 bits per heavy atom. The first kappa shape index (κ1) is 20.3. The third kappa shape index (κ3) is 6.03. The van der Waals surface area contributed by atoms with Gasteiger partial charge in [0.2, 0.25) is 0 Å². The van der Waals surface area contributed by atoms with E-state index in [1.165, 1.54) is 103 Å². The average Bonchev–Trinajstić information content (AvgIpc) is 2.69. The van der Waals surface area contributed by atoms with E-state index >= 15 is 0 Å². The van der Waals surface area contributed by atoms with Crippen LogP contribution in [0.5, 0.6) is 0 Å². The van der Waals surface area contributed by atoms with Crippen LogP contribution in [0.1, 0.15) is 117 Å². The Kier molecular flexibility index (Phi) is 8.40. The summed E-state index contributed by atoms with van der Waals surface area (Å²) in [6, 6.07) is 0. The molecule has 0 N–H and O–H groups in total. The van der Waals surface area contributed by atoms with Gasteiger partial charge < -0.3 is 4.74 Å². The van der Waals surface area contributed by atoms with Crippen molar-refractivity contribution in [3.63, 3.8) is 0 Å². The van der Waals surface area contributed by atoms with Crippen LogP contribution in [0.15, 0.2) is 11.8 Å². The molecular weight excluding hydrogens is 316 g/mol. The summed E-state index contributed by atoms with van der Waals surface area (Å²) in [6.07, 6.45) is 25.5. The fraction of sp³-hybridized carbons (Fsp3) is 0.920. The summed E-state index contributed by atoms with van der Waals surface area (Å²) in [5.41, 5.74) is 1.55. The molecule has 3 rings (SSSR count). The first-order valence-corrected chi connectivity index (χ1v) is 12.1. The molecule has 2 aliphatic carbocycles. The average molecular weight is 361 g/mol. The van der Waals surface area contributed by atoms with E-state index in [-0.39, 0.29) is 0 Å². The minimum atomic E-state index is 0.533. The molecule has 1 unspecified atom stereocenters. The molecule has 0 saturated heterocycles. The summed E-state index contributed by atoms with van der Waals surface area (Å²) in [7, 11) is 0. The van der Waals surface area contributed by atoms with E-state index in [1.807, 2.05) is 0 Å². The standard InChI is InChI=1S/C25H44O/c1-3-5-20-7-9-21(10-8-20)11-12-22-13-16-24(17-14-22)25-18-15-23(6-4-2)19-26-25/h19-22,24-25H,3-18H2,1-2H3. The Morgan fingerprint density at radius 1 is 0.731 bits per heavy atom. The van der Waals surface area contributed by atoms with Crippen molar-refractivity contribution in [2.45, 2.75) is 123 Å². The smallest absolute Gasteiger partial charge is 0.101 e. The van der Waals surface area contributed by atoms with Crippen molar-refractivity contribution in [1.29, 1.82) is 0 Å². The summed E-state index contributed by atoms with van der Waals surface area (Å²) < 4.78 is 6.14. The molecule has 1 nitrogen and oxygen atoms in total. The number of hydrogen-bond donors (Lipinski definition) is 0. The minimum absolute atomic E-state index is 0.533. The van der Waals surface area contributed by atoms with Crippen LogP contribution in [-0.4, -0.2) is 6.10 Å². The molecule has 0 spiro atoms. The number of allylic oxidation sites excluding steroid dienone is 1. The van der Waals surface area contributed by atoms with Gasteiger partial charge in [0.25, 0.3) is 0 Å². The molecule has 0 bridgehead atoms. The SMILES string of the molecule is CCCC1=COC(C2CCC(CCC3CCC(CCC)CC3)CC2)CC1. The largest absolute Gasteiger partial charge is 0.498 e. The Bertz CT molecular complexity index is 410. The zero-order valence-electron chi connectivity index (χ0n) is 17.7. The summed E-state index contributed by atoms with van der Waals surface area (Å²) in [6.45, 7) is 4.62. The van der Waals surface area contributed by atoms with E-state index in [1.54, 1.807) is 5.57 Å². The summed E-state index contributed by atoms with van der Waals surface area (Å²) >= 11 is 0. The molecule has 1 atom stereocenters. The fourth-order valence-corrected chi connectivity index (χ4v) is 6.03. The van der Waals surface area contributed by atoms with Crippen LogP contribution < -0.4 is 0 Å². The maximum Gasteiger partial charge on any atom is 0.101 e. The zero-order chi connectivity index (χ0) is 18.2. The van der Waals surface area contributed by atoms with E-state index in [0.29, 0.717) is 6.10 Å². The third-order valence-electron chi connectivity index (χ3n) is 7.79. The zero-order valence-corrected chi connectivity index (χ0v) is 17.7. The van der Waals surface area contributed by atoms with Gasteiger partial charge in [0.05, 0.1) is 6.26 Å². The van der Waals surface area contributed by atoms with Crippen molar-refractivity contribution in [1.82, 2.24) is 0 Å². The van der Waals surface area contributed by atoms with Gasteiger partial charge in [-0.3, -0.25) is 0 Å². The highest BCUT2D eigenvalue weighted by Crippen LogP contribution is 2.40. The summed E-state index contributed by atoms with van der Waals surface area (Å²) in [4.78, 5) is 0. The van der Waals surface area contributed by atoms with Crippen LogP contribution in [0.2, 0.25) is 0 Å². The highest BCUT2D eigenvalue weighted by atomic mass is 16.5. The second-order valence-corrected chi connectivity index (χ2v) is 9.77. The van der Waals surface area contributed by atoms with Gasteiger partial charge in [-0.25, -0.2) is 0 Å². The topological polar surface area (TPSA) is 9.23 Å². The van der Waals surface area contributed by atoms with Crippen LogP contribution >= 0.6 is 0 Å². The van der Waals surface area contributed by atoms with Gasteiger partial charge in [-0.2, -0.15) is 0 Å². The lowest BCUT2D eigenvalue weighted by Crippen LogP contribution is -2.29. The first-order chi connectivity index (χ1) is 12.8. The van der Waals surface area contributed by atoms with Crippen LogP contribution in [0, 0.1) is 23.7 Å². The lowest BCUT2D eigenvalue weighted by atomic mass is 9.73. The maximum atomic E-state index is 6.14. The fourth-order valence-electron chi connectivity index (χ4n) is 6.03. The molecule has 3 aliphatic rings. The lowest BCUT2D eigenvalue weighted by molar-refractivity contribution is 0.0381. The highest BCUT2D eigenvalue weighted by Gasteiger charge is 2.30. The molecular formula is C25H44O. The normalized spacial score (nSPS) is 35.6. The number of hydrogen-bond acceptors (Lipinski definition) is 1. The first-order valence-electron chi connectivity index (χ1n) is 12.1. The van der Waals surface area contributed by atoms with Gasteiger partial charge in [0.15, 0.2) is 0 Å². The minimum Gasteiger partial charge on any atom is -0.498 e. The Balaban J connectivity index is 1.30. The Hall–Kier alpha value is -0.460. The van der Waals surface area contributed by atoms with Crippen LogP contribution in [0.3, 0.4) is 0 Å². The van der Waals surface area contributed by atoms with E-state index in [4.69, 9.17) is 4.74 Å². The number of ether oxygens (including phenoxy) is 1. The molecule has 0 aromatic carbocycles. The van der Waals surface area contributed by atoms with Gasteiger partial charge in [-0.1, -0.05) is 84.5 Å². The third-order valence-corrected chi connectivity index (χ3v) is 7.79. The predicted molar refractivity (Wildman–Crippen MR) is 112 cm³/mol. The van der Waals surface area contributed by atoms with Crippen molar-refractivity contribution in [3.05, 3.63) is 11.8 Å². The molecule has 2 saturated carbocycles. The quantitative estimate of drug-likeness (QED) is 0.425. The Labute approximate surface area is 163 Å². The second kappa shape index (κ2) is 10.8. The van der Waals surface area contributed by atoms with Gasteiger partial charge in [0.1, 0.15) is 6.10 Å². The van der Waals surface area contributed by atoms with Crippen LogP contribution in [-0.2, 0) is 4.74 Å². The molecule has 1 heteroatoms. The van der Waals surface area contributed by atoms with Gasteiger partial charge >= 0.3 is 0 Å². The van der Waals surface area contributed by atoms with Crippen molar-refractivity contribution in [3.8, 4) is 0 Å². The molecule has 0 aromatic rings. The summed E-state index contributed by atoms with van der Waals surface area (Å²) in [5.74, 6) is 3.99. The van der Waals surface area contributed by atoms with E-state index in [0.717, 1.165) is 23.7 Å². The summed E-state index contributed by atoms with van der Waals surface area (Å²) in [5, 5.41) is 0. The molecule has 0 aromatic heterocycles. The van der Waals surface area contributed by atoms with Crippen LogP contribution in [0.4, 0.5) is 0 Å². The second-order valence-electron chi connectivity index (χ2n) is 9.77. The molecule has 2 fully saturated rings. The maximum absolute atomic E-state index is 6.14. The van der Waals surface area contributed by atoms with Gasteiger partial charge in [-0.15, -0.1) is 0 Å². The van der Waals surface area contributed by atoms with E-state index < -0.39 is 0 Å². The van der Waals surface area contributed by atoms with E-state index in [9.17, 15) is 0 Å². The van der Waals surface area contributed by atoms with Crippen LogP contribution in [0.25, 0.3) is 0 Å². The van der Waals surface area contributed by atoms with Crippen molar-refractivity contribution in [2.24, 2.45) is 23.7 Å². The molecule has 1 heterocycles.